The molecule has 0 aliphatic heterocycles. The number of aliphatic hydroxyl groups excluding tert-OH is 1. The summed E-state index contributed by atoms with van der Waals surface area (Å²) < 4.78 is 25.0. The monoisotopic (exact) mass is 429 g/mol. The molecule has 1 heterocycles. The average Bonchev–Trinajstić information content (AvgIpc) is 3.14. The van der Waals surface area contributed by atoms with Crippen molar-refractivity contribution in [2.24, 2.45) is 0 Å². The number of aromatic nitrogens is 2. The van der Waals surface area contributed by atoms with Crippen molar-refractivity contribution in [3.63, 3.8) is 0 Å². The van der Waals surface area contributed by atoms with Gasteiger partial charge in [0.2, 0.25) is 10.0 Å². The lowest BCUT2D eigenvalue weighted by Gasteiger charge is -2.08. The second kappa shape index (κ2) is 8.01. The van der Waals surface area contributed by atoms with Gasteiger partial charge in [-0.3, -0.25) is 4.72 Å². The molecule has 0 fully saturated rings. The van der Waals surface area contributed by atoms with Crippen LogP contribution in [0.2, 0.25) is 0 Å². The van der Waals surface area contributed by atoms with Crippen LogP contribution in [-0.4, -0.2) is 29.7 Å². The second-order valence-electron chi connectivity index (χ2n) is 7.01. The van der Waals surface area contributed by atoms with Gasteiger partial charge in [0.05, 0.1) is 17.3 Å². The van der Waals surface area contributed by atoms with Crippen LogP contribution in [0.15, 0.2) is 73.3 Å². The van der Waals surface area contributed by atoms with Crippen molar-refractivity contribution in [3.05, 3.63) is 90.3 Å². The molecule has 3 N–H and O–H groups in total. The van der Waals surface area contributed by atoms with Gasteiger partial charge in [-0.05, 0) is 53.4 Å². The van der Waals surface area contributed by atoms with E-state index in [1.807, 2.05) is 42.5 Å². The summed E-state index contributed by atoms with van der Waals surface area (Å²) in [5.74, 6) is 6.55. The van der Waals surface area contributed by atoms with Crippen LogP contribution in [0.5, 0.6) is 0 Å². The number of H-pyrrole nitrogens is 1. The van der Waals surface area contributed by atoms with Crippen LogP contribution < -0.4 is 4.72 Å². The van der Waals surface area contributed by atoms with E-state index in [-0.39, 0.29) is 5.76 Å². The average molecular weight is 430 g/mol. The number of sulfonamides is 1. The number of hydrogen-bond donors (Lipinski definition) is 3. The van der Waals surface area contributed by atoms with E-state index in [0.717, 1.165) is 34.0 Å². The maximum atomic E-state index is 11.3. The van der Waals surface area contributed by atoms with Crippen molar-refractivity contribution in [3.8, 4) is 23.0 Å². The summed E-state index contributed by atoms with van der Waals surface area (Å²) in [7, 11) is -3.31. The summed E-state index contributed by atoms with van der Waals surface area (Å²) in [6.07, 6.45) is 1.10. The Kier molecular flexibility index (Phi) is 5.24. The second-order valence-corrected chi connectivity index (χ2v) is 8.76. The van der Waals surface area contributed by atoms with E-state index in [1.54, 1.807) is 24.3 Å². The Balaban J connectivity index is 1.61. The highest BCUT2D eigenvalue weighted by Crippen LogP contribution is 2.29. The predicted molar refractivity (Wildman–Crippen MR) is 124 cm³/mol. The Hall–Kier alpha value is -4.02. The Bertz CT molecular complexity index is 1460. The van der Waals surface area contributed by atoms with E-state index in [9.17, 15) is 13.5 Å². The molecule has 7 heteroatoms. The summed E-state index contributed by atoms with van der Waals surface area (Å²) in [5.41, 5.74) is 5.30. The van der Waals surface area contributed by atoms with Gasteiger partial charge in [-0.1, -0.05) is 42.8 Å². The number of hydrogen-bond acceptors (Lipinski definition) is 4. The first kappa shape index (κ1) is 20.3. The van der Waals surface area contributed by atoms with Gasteiger partial charge in [-0.25, -0.2) is 13.4 Å². The summed E-state index contributed by atoms with van der Waals surface area (Å²) in [6, 6.07) is 20.1. The van der Waals surface area contributed by atoms with Gasteiger partial charge < -0.3 is 10.1 Å². The third-order valence-electron chi connectivity index (χ3n) is 4.54. The smallest absolute Gasteiger partial charge is 0.229 e. The van der Waals surface area contributed by atoms with Crippen LogP contribution in [0.25, 0.3) is 27.9 Å². The van der Waals surface area contributed by atoms with Crippen molar-refractivity contribution in [2.75, 3.05) is 11.0 Å². The van der Waals surface area contributed by atoms with Gasteiger partial charge in [0.25, 0.3) is 0 Å². The van der Waals surface area contributed by atoms with Crippen LogP contribution in [0.1, 0.15) is 17.0 Å². The lowest BCUT2D eigenvalue weighted by atomic mass is 9.98. The summed E-state index contributed by atoms with van der Waals surface area (Å²) >= 11 is 0. The van der Waals surface area contributed by atoms with E-state index < -0.39 is 10.0 Å². The molecule has 6 nitrogen and oxygen atoms in total. The molecular weight excluding hydrogens is 410 g/mol. The summed E-state index contributed by atoms with van der Waals surface area (Å²) in [5, 5.41) is 9.87. The molecule has 0 amide bonds. The summed E-state index contributed by atoms with van der Waals surface area (Å²) in [6.45, 7) is 3.64. The van der Waals surface area contributed by atoms with Gasteiger partial charge in [0, 0.05) is 16.8 Å². The molecule has 4 aromatic rings. The molecule has 0 unspecified atom stereocenters. The fourth-order valence-electron chi connectivity index (χ4n) is 3.19. The molecule has 0 saturated carbocycles. The van der Waals surface area contributed by atoms with E-state index in [0.29, 0.717) is 17.1 Å². The van der Waals surface area contributed by atoms with Crippen LogP contribution in [0, 0.1) is 11.8 Å². The van der Waals surface area contributed by atoms with Crippen LogP contribution in [0.3, 0.4) is 0 Å². The number of benzene rings is 3. The first-order valence-corrected chi connectivity index (χ1v) is 11.2. The zero-order valence-electron chi connectivity index (χ0n) is 16.7. The lowest BCUT2D eigenvalue weighted by Crippen LogP contribution is -2.09. The quantitative estimate of drug-likeness (QED) is 0.328. The molecule has 4 rings (SSSR count). The van der Waals surface area contributed by atoms with E-state index in [4.69, 9.17) is 0 Å². The maximum Gasteiger partial charge on any atom is 0.229 e. The molecule has 0 bridgehead atoms. The minimum absolute atomic E-state index is 0.0182. The van der Waals surface area contributed by atoms with Crippen molar-refractivity contribution in [1.29, 1.82) is 0 Å². The number of anilines is 1. The van der Waals surface area contributed by atoms with Crippen molar-refractivity contribution in [1.82, 2.24) is 9.97 Å². The van der Waals surface area contributed by atoms with Gasteiger partial charge in [-0.2, -0.15) is 0 Å². The Labute approximate surface area is 180 Å². The lowest BCUT2D eigenvalue weighted by molar-refractivity contribution is 0.514. The van der Waals surface area contributed by atoms with E-state index >= 15 is 0 Å². The number of aliphatic hydroxyl groups is 1. The molecule has 0 radical (unpaired) electrons. The molecule has 0 aliphatic carbocycles. The van der Waals surface area contributed by atoms with Gasteiger partial charge >= 0.3 is 0 Å². The standard InChI is InChI=1S/C24H19N3O3S/c1-16(28)20-5-3-4-6-21(20)18-10-13-22-23(15-18)26-24(25-22)14-9-17-7-11-19(12-8-17)27-31(2,29)30/h3-8,10-13,15,27-28H,1H2,2H3,(H,25,26). The molecule has 0 saturated heterocycles. The number of nitrogens with one attached hydrogen (secondary N) is 2. The van der Waals surface area contributed by atoms with Crippen LogP contribution in [0.4, 0.5) is 5.69 Å². The number of rotatable bonds is 4. The first-order valence-electron chi connectivity index (χ1n) is 9.36. The van der Waals surface area contributed by atoms with E-state index in [1.165, 1.54) is 0 Å². The van der Waals surface area contributed by atoms with Gasteiger partial charge in [0.1, 0.15) is 5.76 Å². The number of aromatic amines is 1. The molecular formula is C24H19N3O3S. The third-order valence-corrected chi connectivity index (χ3v) is 5.15. The van der Waals surface area contributed by atoms with E-state index in [2.05, 4.69) is 33.1 Å². The van der Waals surface area contributed by atoms with Crippen LogP contribution in [-0.2, 0) is 10.0 Å². The molecule has 154 valence electrons. The molecule has 31 heavy (non-hydrogen) atoms. The highest BCUT2D eigenvalue weighted by atomic mass is 32.2. The normalized spacial score (nSPS) is 11.0. The van der Waals surface area contributed by atoms with Gasteiger partial charge in [0.15, 0.2) is 5.82 Å². The third kappa shape index (κ3) is 4.77. The Morgan fingerprint density at radius 3 is 2.52 bits per heavy atom. The fraction of sp³-hybridized carbons (Fsp3) is 0.0417. The Morgan fingerprint density at radius 1 is 1.06 bits per heavy atom. The first-order chi connectivity index (χ1) is 14.8. The minimum atomic E-state index is -3.31. The van der Waals surface area contributed by atoms with Crippen molar-refractivity contribution in [2.45, 2.75) is 0 Å². The number of nitrogens with zero attached hydrogens (tertiary/aromatic N) is 1. The number of fused-ring (bicyclic) bond motifs is 1. The number of imidazole rings is 1. The van der Waals surface area contributed by atoms with Gasteiger partial charge in [-0.15, -0.1) is 0 Å². The largest absolute Gasteiger partial charge is 0.508 e. The zero-order chi connectivity index (χ0) is 22.0. The molecule has 0 atom stereocenters. The highest BCUT2D eigenvalue weighted by Gasteiger charge is 2.09. The minimum Gasteiger partial charge on any atom is -0.508 e. The SMILES string of the molecule is C=C(O)c1ccccc1-c1ccc2nc(C#Cc3ccc(NS(C)(=O)=O)cc3)[nH]c2c1. The zero-order valence-corrected chi connectivity index (χ0v) is 17.5. The fourth-order valence-corrected chi connectivity index (χ4v) is 3.75. The Morgan fingerprint density at radius 2 is 1.81 bits per heavy atom. The molecule has 0 aliphatic rings. The summed E-state index contributed by atoms with van der Waals surface area (Å²) in [4.78, 5) is 7.70. The molecule has 3 aromatic carbocycles. The van der Waals surface area contributed by atoms with Crippen LogP contribution >= 0.6 is 0 Å². The molecule has 0 spiro atoms. The highest BCUT2D eigenvalue weighted by molar-refractivity contribution is 7.92. The predicted octanol–water partition coefficient (Wildman–Crippen LogP) is 4.53. The van der Waals surface area contributed by atoms with Crippen molar-refractivity contribution >= 4 is 32.5 Å². The van der Waals surface area contributed by atoms with Crippen molar-refractivity contribution < 1.29 is 13.5 Å². The maximum absolute atomic E-state index is 11.3. The topological polar surface area (TPSA) is 95.1 Å². The molecule has 1 aromatic heterocycles.